The summed E-state index contributed by atoms with van der Waals surface area (Å²) in [5, 5.41) is 0. The Hall–Kier alpha value is 0.430. The Morgan fingerprint density at radius 1 is 1.00 bits per heavy atom. The summed E-state index contributed by atoms with van der Waals surface area (Å²) in [7, 11) is 2.66. The number of rotatable bonds is 0. The molecule has 50 valence electrons. The van der Waals surface area contributed by atoms with Gasteiger partial charge in [-0.25, -0.2) is 0 Å². The van der Waals surface area contributed by atoms with E-state index >= 15 is 0 Å². The molecular formula is C7H17P. The van der Waals surface area contributed by atoms with Crippen molar-refractivity contribution in [2.75, 3.05) is 0 Å². The standard InChI is InChI=1S/C4H8.C3H9P/c1-2-4-3-1;1-3(2)4/h1-4H2;3H,4H2,1-2H3. The molecule has 8 heavy (non-hydrogen) atoms. The van der Waals surface area contributed by atoms with Crippen molar-refractivity contribution in [3.8, 4) is 0 Å². The van der Waals surface area contributed by atoms with Crippen molar-refractivity contribution in [2.45, 2.75) is 45.2 Å². The lowest BCUT2D eigenvalue weighted by molar-refractivity contribution is 0.504. The minimum atomic E-state index is 0.750. The van der Waals surface area contributed by atoms with Crippen LogP contribution < -0.4 is 0 Å². The van der Waals surface area contributed by atoms with E-state index in [1.807, 2.05) is 0 Å². The Bertz CT molecular complexity index is 30.9. The minimum Gasteiger partial charge on any atom is -0.135 e. The topological polar surface area (TPSA) is 0 Å². The zero-order valence-electron chi connectivity index (χ0n) is 5.98. The van der Waals surface area contributed by atoms with Gasteiger partial charge in [0, 0.05) is 0 Å². The van der Waals surface area contributed by atoms with Gasteiger partial charge in [-0.2, -0.15) is 0 Å². The van der Waals surface area contributed by atoms with Crippen molar-refractivity contribution in [3.63, 3.8) is 0 Å². The number of hydrogen-bond donors (Lipinski definition) is 0. The highest BCUT2D eigenvalue weighted by atomic mass is 31.0. The third kappa shape index (κ3) is 9.66. The van der Waals surface area contributed by atoms with Gasteiger partial charge in [0.1, 0.15) is 0 Å². The molecule has 0 aromatic heterocycles. The fraction of sp³-hybridized carbons (Fsp3) is 1.00. The van der Waals surface area contributed by atoms with E-state index in [1.165, 1.54) is 25.7 Å². The van der Waals surface area contributed by atoms with E-state index in [0.717, 1.165) is 5.66 Å². The molecular weight excluding hydrogens is 115 g/mol. The zero-order chi connectivity index (χ0) is 6.41. The van der Waals surface area contributed by atoms with E-state index in [0.29, 0.717) is 0 Å². The third-order valence-corrected chi connectivity index (χ3v) is 1.000. The molecule has 1 atom stereocenters. The molecule has 0 nitrogen and oxygen atoms in total. The average molecular weight is 132 g/mol. The first-order valence-electron chi connectivity index (χ1n) is 3.49. The van der Waals surface area contributed by atoms with Gasteiger partial charge in [-0.15, -0.1) is 9.24 Å². The van der Waals surface area contributed by atoms with Gasteiger partial charge in [0.2, 0.25) is 0 Å². The van der Waals surface area contributed by atoms with Crippen molar-refractivity contribution in [1.82, 2.24) is 0 Å². The van der Waals surface area contributed by atoms with Crippen molar-refractivity contribution in [2.24, 2.45) is 0 Å². The van der Waals surface area contributed by atoms with Crippen molar-refractivity contribution in [3.05, 3.63) is 0 Å². The molecule has 0 amide bonds. The summed E-state index contributed by atoms with van der Waals surface area (Å²) in [6.07, 6.45) is 6.00. The highest BCUT2D eigenvalue weighted by Gasteiger charge is 1.95. The SMILES string of the molecule is C1CCC1.CC(C)P. The molecule has 1 rings (SSSR count). The molecule has 0 saturated heterocycles. The molecule has 0 aromatic carbocycles. The van der Waals surface area contributed by atoms with Gasteiger partial charge < -0.3 is 0 Å². The first kappa shape index (κ1) is 8.43. The van der Waals surface area contributed by atoms with Crippen LogP contribution in [0.2, 0.25) is 0 Å². The molecule has 1 unspecified atom stereocenters. The molecule has 0 aliphatic heterocycles. The molecule has 0 heterocycles. The summed E-state index contributed by atoms with van der Waals surface area (Å²) in [6, 6.07) is 0. The normalized spacial score (nSPS) is 16.5. The lowest BCUT2D eigenvalue weighted by atomic mass is 10.0. The van der Waals surface area contributed by atoms with Crippen molar-refractivity contribution in [1.29, 1.82) is 0 Å². The van der Waals surface area contributed by atoms with Crippen LogP contribution in [0.5, 0.6) is 0 Å². The molecule has 0 spiro atoms. The second-order valence-electron chi connectivity index (χ2n) is 2.66. The predicted octanol–water partition coefficient (Wildman–Crippen LogP) is 2.83. The van der Waals surface area contributed by atoms with E-state index in [9.17, 15) is 0 Å². The van der Waals surface area contributed by atoms with Crippen LogP contribution in [-0.2, 0) is 0 Å². The van der Waals surface area contributed by atoms with Gasteiger partial charge in [0.15, 0.2) is 0 Å². The van der Waals surface area contributed by atoms with Gasteiger partial charge in [-0.1, -0.05) is 39.5 Å². The molecule has 0 radical (unpaired) electrons. The van der Waals surface area contributed by atoms with Gasteiger partial charge in [0.05, 0.1) is 0 Å². The van der Waals surface area contributed by atoms with Gasteiger partial charge in [-0.05, 0) is 5.66 Å². The maximum absolute atomic E-state index is 2.66. The van der Waals surface area contributed by atoms with E-state index in [-0.39, 0.29) is 0 Å². The summed E-state index contributed by atoms with van der Waals surface area (Å²) in [6.45, 7) is 4.26. The van der Waals surface area contributed by atoms with Crippen molar-refractivity contribution >= 4 is 9.24 Å². The molecule has 0 aromatic rings. The summed E-state index contributed by atoms with van der Waals surface area (Å²) in [4.78, 5) is 0. The molecule has 0 N–H and O–H groups in total. The van der Waals surface area contributed by atoms with Gasteiger partial charge >= 0.3 is 0 Å². The number of hydrogen-bond acceptors (Lipinski definition) is 0. The zero-order valence-corrected chi connectivity index (χ0v) is 7.14. The maximum Gasteiger partial charge on any atom is -0.0321 e. The minimum absolute atomic E-state index is 0.750. The first-order valence-corrected chi connectivity index (χ1v) is 4.15. The Morgan fingerprint density at radius 3 is 1.12 bits per heavy atom. The smallest absolute Gasteiger partial charge is 0.0321 e. The lowest BCUT2D eigenvalue weighted by Crippen LogP contribution is -1.85. The fourth-order valence-corrected chi connectivity index (χ4v) is 0.250. The molecule has 1 aliphatic carbocycles. The highest BCUT2D eigenvalue weighted by molar-refractivity contribution is 7.17. The lowest BCUT2D eigenvalue weighted by Gasteiger charge is -2.05. The molecule has 0 bridgehead atoms. The van der Waals surface area contributed by atoms with E-state index in [1.54, 1.807) is 0 Å². The van der Waals surface area contributed by atoms with Crippen LogP contribution in [0.25, 0.3) is 0 Å². The van der Waals surface area contributed by atoms with Gasteiger partial charge in [0.25, 0.3) is 0 Å². The quantitative estimate of drug-likeness (QED) is 0.444. The monoisotopic (exact) mass is 132 g/mol. The van der Waals surface area contributed by atoms with Crippen LogP contribution in [0.15, 0.2) is 0 Å². The maximum atomic E-state index is 2.66. The average Bonchev–Trinajstić information content (AvgIpc) is 1.19. The molecule has 1 aliphatic rings. The van der Waals surface area contributed by atoms with Crippen LogP contribution >= 0.6 is 9.24 Å². The van der Waals surface area contributed by atoms with Crippen LogP contribution in [0.3, 0.4) is 0 Å². The molecule has 1 fully saturated rings. The van der Waals surface area contributed by atoms with Crippen molar-refractivity contribution < 1.29 is 0 Å². The van der Waals surface area contributed by atoms with Gasteiger partial charge in [-0.3, -0.25) is 0 Å². The molecule has 1 saturated carbocycles. The Morgan fingerprint density at radius 2 is 1.12 bits per heavy atom. The summed E-state index contributed by atoms with van der Waals surface area (Å²) in [5.74, 6) is 0. The Kier molecular flexibility index (Phi) is 5.86. The summed E-state index contributed by atoms with van der Waals surface area (Å²) in [5.41, 5.74) is 0.750. The van der Waals surface area contributed by atoms with Crippen LogP contribution in [0, 0.1) is 0 Å². The largest absolute Gasteiger partial charge is 0.135 e. The highest BCUT2D eigenvalue weighted by Crippen LogP contribution is 2.15. The van der Waals surface area contributed by atoms with E-state index < -0.39 is 0 Å². The summed E-state index contributed by atoms with van der Waals surface area (Å²) >= 11 is 0. The van der Waals surface area contributed by atoms with Crippen LogP contribution in [0.1, 0.15) is 39.5 Å². The second kappa shape index (κ2) is 5.56. The van der Waals surface area contributed by atoms with E-state index in [4.69, 9.17) is 0 Å². The first-order chi connectivity index (χ1) is 3.73. The second-order valence-corrected chi connectivity index (χ2v) is 3.99. The van der Waals surface area contributed by atoms with Crippen LogP contribution in [-0.4, -0.2) is 5.66 Å². The molecule has 1 heteroatoms. The fourth-order valence-electron chi connectivity index (χ4n) is 0.250. The third-order valence-electron chi connectivity index (χ3n) is 1.000. The van der Waals surface area contributed by atoms with E-state index in [2.05, 4.69) is 23.1 Å². The predicted molar refractivity (Wildman–Crippen MR) is 43.3 cm³/mol. The van der Waals surface area contributed by atoms with Crippen LogP contribution in [0.4, 0.5) is 0 Å². The Labute approximate surface area is 55.3 Å². The Balaban J connectivity index is 0.000000122. The summed E-state index contributed by atoms with van der Waals surface area (Å²) < 4.78 is 0.